The van der Waals surface area contributed by atoms with Crippen LogP contribution in [0.3, 0.4) is 0 Å². The van der Waals surface area contributed by atoms with Gasteiger partial charge < -0.3 is 23.8 Å². The van der Waals surface area contributed by atoms with Crippen LogP contribution in [0.4, 0.5) is 0 Å². The highest BCUT2D eigenvalue weighted by molar-refractivity contribution is 5.72. The highest BCUT2D eigenvalue weighted by atomic mass is 16.6. The van der Waals surface area contributed by atoms with E-state index in [2.05, 4.69) is 56.4 Å². The van der Waals surface area contributed by atoms with Gasteiger partial charge in [0.2, 0.25) is 0 Å². The lowest BCUT2D eigenvalue weighted by Gasteiger charge is -2.31. The van der Waals surface area contributed by atoms with Gasteiger partial charge in [-0.1, -0.05) is 125 Å². The fourth-order valence-corrected chi connectivity index (χ4v) is 5.20. The SMILES string of the molecule is CC/C=C/C=C/C=C/C=C/CCCCCCCC(=O)OCC(COCCC(C(=O)O)[N+](C)(C)C)OC(=O)CCCCCCC/C=C/C/C=C/CC. The Morgan fingerprint density at radius 3 is 1.75 bits per heavy atom. The number of rotatable bonds is 33. The molecule has 2 unspecified atom stereocenters. The average Bonchev–Trinajstić information content (AvgIpc) is 3.08. The zero-order chi connectivity index (χ0) is 37.8. The number of carboxylic acid groups (broad SMARTS) is 1. The van der Waals surface area contributed by atoms with Gasteiger partial charge in [-0.2, -0.15) is 0 Å². The molecule has 1 N–H and O–H groups in total. The van der Waals surface area contributed by atoms with E-state index in [4.69, 9.17) is 14.2 Å². The number of likely N-dealkylation sites (N-methyl/N-ethyl adjacent to an activating group) is 1. The van der Waals surface area contributed by atoms with E-state index in [1.807, 2.05) is 51.5 Å². The van der Waals surface area contributed by atoms with Crippen molar-refractivity contribution >= 4 is 17.9 Å². The summed E-state index contributed by atoms with van der Waals surface area (Å²) < 4.78 is 17.2. The first-order valence-corrected chi connectivity index (χ1v) is 19.5. The van der Waals surface area contributed by atoms with Crippen LogP contribution < -0.4 is 0 Å². The smallest absolute Gasteiger partial charge is 0.362 e. The van der Waals surface area contributed by atoms with Crippen molar-refractivity contribution in [2.75, 3.05) is 41.0 Å². The minimum atomic E-state index is -0.886. The van der Waals surface area contributed by atoms with Crippen molar-refractivity contribution in [3.05, 3.63) is 72.9 Å². The largest absolute Gasteiger partial charge is 0.477 e. The second-order valence-electron chi connectivity index (χ2n) is 13.9. The first-order valence-electron chi connectivity index (χ1n) is 19.5. The van der Waals surface area contributed by atoms with Gasteiger partial charge in [0, 0.05) is 19.3 Å². The van der Waals surface area contributed by atoms with Gasteiger partial charge >= 0.3 is 17.9 Å². The Morgan fingerprint density at radius 1 is 0.608 bits per heavy atom. The third-order valence-electron chi connectivity index (χ3n) is 8.20. The molecule has 0 aliphatic carbocycles. The number of hydrogen-bond donors (Lipinski definition) is 1. The Morgan fingerprint density at radius 2 is 1.14 bits per heavy atom. The van der Waals surface area contributed by atoms with Crippen LogP contribution in [0.25, 0.3) is 0 Å². The van der Waals surface area contributed by atoms with Gasteiger partial charge in [0.05, 0.1) is 34.4 Å². The number of hydrogen-bond acceptors (Lipinski definition) is 6. The average molecular weight is 715 g/mol. The summed E-state index contributed by atoms with van der Waals surface area (Å²) in [6.07, 6.45) is 40.9. The summed E-state index contributed by atoms with van der Waals surface area (Å²) in [5.74, 6) is -1.53. The van der Waals surface area contributed by atoms with Crippen LogP contribution in [0.5, 0.6) is 0 Å². The Balaban J connectivity index is 4.48. The second kappa shape index (κ2) is 33.9. The zero-order valence-corrected chi connectivity index (χ0v) is 32.8. The van der Waals surface area contributed by atoms with Crippen molar-refractivity contribution in [1.82, 2.24) is 0 Å². The molecule has 0 saturated heterocycles. The summed E-state index contributed by atoms with van der Waals surface area (Å²) in [6, 6.07) is -0.623. The molecule has 0 spiro atoms. The number of carboxylic acids is 1. The van der Waals surface area contributed by atoms with E-state index in [9.17, 15) is 19.5 Å². The predicted octanol–water partition coefficient (Wildman–Crippen LogP) is 10.0. The summed E-state index contributed by atoms with van der Waals surface area (Å²) in [4.78, 5) is 36.8. The first kappa shape index (κ1) is 47.8. The van der Waals surface area contributed by atoms with Gasteiger partial charge in [-0.05, 0) is 57.8 Å². The van der Waals surface area contributed by atoms with Crippen LogP contribution in [-0.4, -0.2) is 80.6 Å². The summed E-state index contributed by atoms with van der Waals surface area (Å²) >= 11 is 0. The summed E-state index contributed by atoms with van der Waals surface area (Å²) in [6.45, 7) is 4.42. The molecule has 2 atom stereocenters. The lowest BCUT2D eigenvalue weighted by Crippen LogP contribution is -2.50. The molecule has 0 rings (SSSR count). The first-order chi connectivity index (χ1) is 24.6. The summed E-state index contributed by atoms with van der Waals surface area (Å²) in [5.41, 5.74) is 0. The lowest BCUT2D eigenvalue weighted by molar-refractivity contribution is -0.887. The Bertz CT molecular complexity index is 1060. The van der Waals surface area contributed by atoms with Crippen molar-refractivity contribution in [3.63, 3.8) is 0 Å². The molecule has 51 heavy (non-hydrogen) atoms. The van der Waals surface area contributed by atoms with E-state index in [-0.39, 0.29) is 36.2 Å². The van der Waals surface area contributed by atoms with E-state index in [1.165, 1.54) is 0 Å². The van der Waals surface area contributed by atoms with Crippen LogP contribution in [0, 0.1) is 0 Å². The number of esters is 2. The van der Waals surface area contributed by atoms with E-state index in [0.29, 0.717) is 19.3 Å². The van der Waals surface area contributed by atoms with Gasteiger partial charge in [-0.15, -0.1) is 0 Å². The van der Waals surface area contributed by atoms with Crippen molar-refractivity contribution in [2.24, 2.45) is 0 Å². The molecule has 0 aliphatic rings. The maximum Gasteiger partial charge on any atom is 0.362 e. The maximum atomic E-state index is 12.6. The third-order valence-corrected chi connectivity index (χ3v) is 8.20. The van der Waals surface area contributed by atoms with Crippen molar-refractivity contribution in [1.29, 1.82) is 0 Å². The second-order valence-corrected chi connectivity index (χ2v) is 13.9. The third kappa shape index (κ3) is 32.4. The van der Waals surface area contributed by atoms with E-state index < -0.39 is 18.1 Å². The molecule has 0 bridgehead atoms. The fourth-order valence-electron chi connectivity index (χ4n) is 5.20. The quantitative estimate of drug-likeness (QED) is 0.0238. The fraction of sp³-hybridized carbons (Fsp3) is 0.651. The zero-order valence-electron chi connectivity index (χ0n) is 32.8. The highest BCUT2D eigenvalue weighted by Crippen LogP contribution is 2.12. The molecule has 0 heterocycles. The van der Waals surface area contributed by atoms with Gasteiger partial charge in [0.1, 0.15) is 6.61 Å². The molecule has 290 valence electrons. The number of quaternary nitrogens is 1. The number of carbonyl (C=O) groups excluding carboxylic acids is 2. The molecular formula is C43H72NO7+. The topological polar surface area (TPSA) is 99.1 Å². The molecule has 0 radical (unpaired) electrons. The summed E-state index contributed by atoms with van der Waals surface area (Å²) in [5, 5.41) is 9.59. The van der Waals surface area contributed by atoms with E-state index in [0.717, 1.165) is 96.3 Å². The van der Waals surface area contributed by atoms with E-state index >= 15 is 0 Å². The molecular weight excluding hydrogens is 642 g/mol. The number of carbonyl (C=O) groups is 3. The van der Waals surface area contributed by atoms with Crippen LogP contribution in [-0.2, 0) is 28.6 Å². The number of allylic oxidation sites excluding steroid dienone is 12. The Labute approximate surface area is 311 Å². The summed E-state index contributed by atoms with van der Waals surface area (Å²) in [7, 11) is 5.49. The number of nitrogens with zero attached hydrogens (tertiary/aromatic N) is 1. The molecule has 0 fully saturated rings. The van der Waals surface area contributed by atoms with Crippen LogP contribution in [0.1, 0.15) is 129 Å². The molecule has 0 aromatic rings. The van der Waals surface area contributed by atoms with Gasteiger partial charge in [-0.25, -0.2) is 4.79 Å². The molecule has 0 aromatic heterocycles. The van der Waals surface area contributed by atoms with Crippen LogP contribution >= 0.6 is 0 Å². The Kier molecular flexibility index (Phi) is 31.7. The number of aliphatic carboxylic acids is 1. The number of unbranched alkanes of at least 4 members (excludes halogenated alkanes) is 10. The van der Waals surface area contributed by atoms with Gasteiger partial charge in [-0.3, -0.25) is 9.59 Å². The molecule has 0 aromatic carbocycles. The highest BCUT2D eigenvalue weighted by Gasteiger charge is 2.31. The lowest BCUT2D eigenvalue weighted by atomic mass is 10.1. The number of ether oxygens (including phenoxy) is 3. The molecule has 0 aliphatic heterocycles. The maximum absolute atomic E-state index is 12.6. The monoisotopic (exact) mass is 715 g/mol. The van der Waals surface area contributed by atoms with Crippen molar-refractivity contribution in [3.8, 4) is 0 Å². The minimum absolute atomic E-state index is 0.0432. The molecule has 0 amide bonds. The normalized spacial score (nSPS) is 13.8. The molecule has 8 heteroatoms. The van der Waals surface area contributed by atoms with Crippen LogP contribution in [0.15, 0.2) is 72.9 Å². The minimum Gasteiger partial charge on any atom is -0.477 e. The van der Waals surface area contributed by atoms with Crippen LogP contribution in [0.2, 0.25) is 0 Å². The van der Waals surface area contributed by atoms with Crippen molar-refractivity contribution < 1.29 is 38.2 Å². The molecule has 8 nitrogen and oxygen atoms in total. The molecule has 0 saturated carbocycles. The van der Waals surface area contributed by atoms with Crippen molar-refractivity contribution in [2.45, 2.75) is 142 Å². The van der Waals surface area contributed by atoms with E-state index in [1.54, 1.807) is 0 Å². The Hall–Kier alpha value is -3.23. The predicted molar refractivity (Wildman–Crippen MR) is 210 cm³/mol. The van der Waals surface area contributed by atoms with Gasteiger partial charge in [0.25, 0.3) is 0 Å². The standard InChI is InChI=1S/C43H71NO7/c1-6-8-10-12-14-16-18-20-21-22-24-25-27-29-31-33-41(45)50-38-39(37-49-36-35-40(43(47)48)44(3,4)5)51-42(46)34-32-30-28-26-23-19-17-15-13-11-9-7-2/h8-12,14-18,20-21,39-40H,6-7,13,19,22-38H2,1-5H3/p+1/b10-8+,11-9+,14-12+,17-15+,18-16+,21-20+. The van der Waals surface area contributed by atoms with Gasteiger partial charge in [0.15, 0.2) is 12.1 Å².